The molecule has 1 atom stereocenters. The van der Waals surface area contributed by atoms with Gasteiger partial charge in [0.05, 0.1) is 6.04 Å². The molecule has 0 aromatic heterocycles. The predicted molar refractivity (Wildman–Crippen MR) is 104 cm³/mol. The Morgan fingerprint density at radius 3 is 2.54 bits per heavy atom. The molecule has 130 valence electrons. The molecule has 2 amide bonds. The molecular formula is C21H17ClN2O2. The van der Waals surface area contributed by atoms with Crippen LogP contribution in [0, 0.1) is 0 Å². The lowest BCUT2D eigenvalue weighted by molar-refractivity contribution is -0.117. The van der Waals surface area contributed by atoms with Crippen molar-refractivity contribution < 1.29 is 9.59 Å². The van der Waals surface area contributed by atoms with E-state index in [1.807, 2.05) is 54.6 Å². The quantitative estimate of drug-likeness (QED) is 0.762. The molecule has 1 heterocycles. The van der Waals surface area contributed by atoms with E-state index in [4.69, 9.17) is 11.6 Å². The topological polar surface area (TPSA) is 49.4 Å². The molecule has 3 aromatic carbocycles. The van der Waals surface area contributed by atoms with Gasteiger partial charge in [0.15, 0.2) is 0 Å². The van der Waals surface area contributed by atoms with Gasteiger partial charge in [-0.2, -0.15) is 0 Å². The molecule has 5 heteroatoms. The molecular weight excluding hydrogens is 348 g/mol. The first-order valence-corrected chi connectivity index (χ1v) is 8.84. The van der Waals surface area contributed by atoms with Crippen molar-refractivity contribution in [1.82, 2.24) is 5.32 Å². The van der Waals surface area contributed by atoms with Crippen molar-refractivity contribution in [1.29, 1.82) is 0 Å². The molecule has 0 bridgehead atoms. The highest BCUT2D eigenvalue weighted by atomic mass is 35.5. The lowest BCUT2D eigenvalue weighted by Gasteiger charge is -2.17. The normalized spacial score (nSPS) is 16.9. The number of benzene rings is 3. The number of hydrogen-bond acceptors (Lipinski definition) is 2. The molecule has 0 aliphatic carbocycles. The van der Waals surface area contributed by atoms with Crippen LogP contribution in [0.1, 0.15) is 16.8 Å². The van der Waals surface area contributed by atoms with Gasteiger partial charge in [-0.15, -0.1) is 0 Å². The molecule has 1 fully saturated rings. The third kappa shape index (κ3) is 3.16. The van der Waals surface area contributed by atoms with Crippen molar-refractivity contribution in [2.75, 3.05) is 11.4 Å². The van der Waals surface area contributed by atoms with E-state index in [9.17, 15) is 9.59 Å². The number of nitrogens with zero attached hydrogens (tertiary/aromatic N) is 1. The minimum Gasteiger partial charge on any atom is -0.347 e. The number of nitrogens with one attached hydrogen (secondary N) is 1. The highest BCUT2D eigenvalue weighted by molar-refractivity contribution is 6.30. The van der Waals surface area contributed by atoms with Crippen LogP contribution in [0.15, 0.2) is 66.7 Å². The van der Waals surface area contributed by atoms with Gasteiger partial charge in [-0.3, -0.25) is 9.59 Å². The fraction of sp³-hybridized carbons (Fsp3) is 0.143. The number of halogens is 1. The van der Waals surface area contributed by atoms with E-state index in [2.05, 4.69) is 5.32 Å². The van der Waals surface area contributed by atoms with Crippen molar-refractivity contribution in [2.24, 2.45) is 0 Å². The third-order valence-electron chi connectivity index (χ3n) is 4.63. The van der Waals surface area contributed by atoms with Crippen LogP contribution in [0.25, 0.3) is 10.8 Å². The molecule has 4 rings (SSSR count). The van der Waals surface area contributed by atoms with Gasteiger partial charge in [0, 0.05) is 29.2 Å². The number of carbonyl (C=O) groups excluding carboxylic acids is 2. The molecule has 0 unspecified atom stereocenters. The number of hydrogen-bond donors (Lipinski definition) is 1. The van der Waals surface area contributed by atoms with Gasteiger partial charge in [0.2, 0.25) is 5.91 Å². The minimum absolute atomic E-state index is 0.00413. The lowest BCUT2D eigenvalue weighted by Crippen LogP contribution is -2.37. The molecule has 0 spiro atoms. The molecule has 1 N–H and O–H groups in total. The summed E-state index contributed by atoms with van der Waals surface area (Å²) in [5.41, 5.74) is 1.42. The zero-order valence-corrected chi connectivity index (χ0v) is 14.7. The summed E-state index contributed by atoms with van der Waals surface area (Å²) in [6.45, 7) is 0.455. The van der Waals surface area contributed by atoms with Crippen molar-refractivity contribution in [3.05, 3.63) is 77.3 Å². The molecule has 1 aliphatic heterocycles. The first-order valence-electron chi connectivity index (χ1n) is 8.46. The number of rotatable bonds is 3. The fourth-order valence-corrected chi connectivity index (χ4v) is 3.49. The highest BCUT2D eigenvalue weighted by Gasteiger charge is 2.31. The predicted octanol–water partition coefficient (Wildman–Crippen LogP) is 4.03. The Morgan fingerprint density at radius 1 is 1.00 bits per heavy atom. The summed E-state index contributed by atoms with van der Waals surface area (Å²) in [7, 11) is 0. The van der Waals surface area contributed by atoms with Gasteiger partial charge in [-0.05, 0) is 41.1 Å². The Labute approximate surface area is 156 Å². The van der Waals surface area contributed by atoms with Crippen molar-refractivity contribution in [3.63, 3.8) is 0 Å². The van der Waals surface area contributed by atoms with Gasteiger partial charge < -0.3 is 10.2 Å². The zero-order valence-electron chi connectivity index (χ0n) is 14.0. The molecule has 3 aromatic rings. The number of fused-ring (bicyclic) bond motifs is 1. The van der Waals surface area contributed by atoms with E-state index in [-0.39, 0.29) is 17.9 Å². The number of carbonyl (C=O) groups is 2. The minimum atomic E-state index is -0.218. The second kappa shape index (κ2) is 6.81. The maximum absolute atomic E-state index is 12.8. The van der Waals surface area contributed by atoms with Crippen LogP contribution in [0.5, 0.6) is 0 Å². The van der Waals surface area contributed by atoms with Crippen LogP contribution in [0.3, 0.4) is 0 Å². The van der Waals surface area contributed by atoms with Gasteiger partial charge >= 0.3 is 0 Å². The van der Waals surface area contributed by atoms with Crippen molar-refractivity contribution in [2.45, 2.75) is 12.5 Å². The van der Waals surface area contributed by atoms with Crippen LogP contribution in [0.2, 0.25) is 5.02 Å². The summed E-state index contributed by atoms with van der Waals surface area (Å²) in [4.78, 5) is 26.8. The van der Waals surface area contributed by atoms with E-state index in [1.54, 1.807) is 17.0 Å². The summed E-state index contributed by atoms with van der Waals surface area (Å²) in [6, 6.07) is 20.4. The Bertz CT molecular complexity index is 979. The maximum atomic E-state index is 12.8. The average Bonchev–Trinajstić information content (AvgIpc) is 3.02. The SMILES string of the molecule is O=C(N[C@@H]1CC(=O)N(c2ccc(Cl)cc2)C1)c1cccc2ccccc12. The number of amides is 2. The van der Waals surface area contributed by atoms with E-state index in [0.29, 0.717) is 23.6 Å². The van der Waals surface area contributed by atoms with E-state index >= 15 is 0 Å². The van der Waals surface area contributed by atoms with Gasteiger partial charge in [-0.25, -0.2) is 0 Å². The van der Waals surface area contributed by atoms with Gasteiger partial charge in [-0.1, -0.05) is 48.0 Å². The summed E-state index contributed by atoms with van der Waals surface area (Å²) in [5, 5.41) is 5.56. The molecule has 26 heavy (non-hydrogen) atoms. The van der Waals surface area contributed by atoms with E-state index in [1.165, 1.54) is 0 Å². The summed E-state index contributed by atoms with van der Waals surface area (Å²) >= 11 is 5.91. The van der Waals surface area contributed by atoms with Crippen molar-refractivity contribution >= 4 is 39.9 Å². The van der Waals surface area contributed by atoms with Crippen LogP contribution in [-0.4, -0.2) is 24.4 Å². The maximum Gasteiger partial charge on any atom is 0.252 e. The van der Waals surface area contributed by atoms with Crippen LogP contribution in [0.4, 0.5) is 5.69 Å². The second-order valence-corrected chi connectivity index (χ2v) is 6.82. The standard InChI is InChI=1S/C21H17ClN2O2/c22-15-8-10-17(11-9-15)24-13-16(12-20(24)25)23-21(26)19-7-3-5-14-4-1-2-6-18(14)19/h1-11,16H,12-13H2,(H,23,26)/t16-/m1/s1. The second-order valence-electron chi connectivity index (χ2n) is 6.38. The van der Waals surface area contributed by atoms with Crippen LogP contribution in [-0.2, 0) is 4.79 Å². The smallest absolute Gasteiger partial charge is 0.252 e. The molecule has 1 saturated heterocycles. The molecule has 1 aliphatic rings. The Balaban J connectivity index is 1.52. The monoisotopic (exact) mass is 364 g/mol. The van der Waals surface area contributed by atoms with Gasteiger partial charge in [0.1, 0.15) is 0 Å². The molecule has 0 saturated carbocycles. The highest BCUT2D eigenvalue weighted by Crippen LogP contribution is 2.24. The van der Waals surface area contributed by atoms with Gasteiger partial charge in [0.25, 0.3) is 5.91 Å². The lowest BCUT2D eigenvalue weighted by atomic mass is 10.0. The molecule has 4 nitrogen and oxygen atoms in total. The van der Waals surface area contributed by atoms with Crippen LogP contribution >= 0.6 is 11.6 Å². The third-order valence-corrected chi connectivity index (χ3v) is 4.88. The largest absolute Gasteiger partial charge is 0.347 e. The molecule has 0 radical (unpaired) electrons. The average molecular weight is 365 g/mol. The Morgan fingerprint density at radius 2 is 1.73 bits per heavy atom. The first kappa shape index (κ1) is 16.6. The summed E-state index contributed by atoms with van der Waals surface area (Å²) in [5.74, 6) is -0.159. The van der Waals surface area contributed by atoms with Crippen LogP contribution < -0.4 is 10.2 Å². The summed E-state index contributed by atoms with van der Waals surface area (Å²) < 4.78 is 0. The first-order chi connectivity index (χ1) is 12.6. The van der Waals surface area contributed by atoms with Crippen molar-refractivity contribution in [3.8, 4) is 0 Å². The Hall–Kier alpha value is -2.85. The Kier molecular flexibility index (Phi) is 4.35. The fourth-order valence-electron chi connectivity index (χ4n) is 3.36. The summed E-state index contributed by atoms with van der Waals surface area (Å²) in [6.07, 6.45) is 0.291. The van der Waals surface area contributed by atoms with E-state index < -0.39 is 0 Å². The zero-order chi connectivity index (χ0) is 18.1. The number of anilines is 1. The van der Waals surface area contributed by atoms with E-state index in [0.717, 1.165) is 16.5 Å².